The van der Waals surface area contributed by atoms with Crippen molar-refractivity contribution >= 4 is 5.97 Å². The Morgan fingerprint density at radius 1 is 1.46 bits per heavy atom. The highest BCUT2D eigenvalue weighted by atomic mass is 19.1. The highest BCUT2D eigenvalue weighted by Crippen LogP contribution is 2.24. The van der Waals surface area contributed by atoms with Gasteiger partial charge >= 0.3 is 5.97 Å². The molecule has 1 atom stereocenters. The van der Waals surface area contributed by atoms with Gasteiger partial charge in [-0.05, 0) is 32.3 Å². The van der Waals surface area contributed by atoms with Crippen molar-refractivity contribution in [3.05, 3.63) is 27.7 Å². The van der Waals surface area contributed by atoms with Gasteiger partial charge in [-0.15, -0.1) is 0 Å². The van der Waals surface area contributed by atoms with Crippen LogP contribution < -0.4 is 5.56 Å². The number of halogens is 1. The summed E-state index contributed by atoms with van der Waals surface area (Å²) in [6.45, 7) is 8.51. The van der Waals surface area contributed by atoms with E-state index in [0.29, 0.717) is 43.7 Å². The molecule has 0 aliphatic carbocycles. The molecule has 1 fully saturated rings. The molecule has 0 bridgehead atoms. The molecule has 2 rings (SSSR count). The lowest BCUT2D eigenvalue weighted by atomic mass is 9.99. The van der Waals surface area contributed by atoms with E-state index in [4.69, 9.17) is 0 Å². The molecule has 0 amide bonds. The van der Waals surface area contributed by atoms with Crippen molar-refractivity contribution in [3.8, 4) is 0 Å². The van der Waals surface area contributed by atoms with Crippen molar-refractivity contribution < 1.29 is 14.3 Å². The van der Waals surface area contributed by atoms with Gasteiger partial charge in [0.2, 0.25) is 0 Å². The lowest BCUT2D eigenvalue weighted by Crippen LogP contribution is -2.57. The average Bonchev–Trinajstić information content (AvgIpc) is 2.43. The minimum absolute atomic E-state index is 0.132. The fraction of sp³-hybridized carbons (Fsp3) is 0.706. The van der Waals surface area contributed by atoms with Gasteiger partial charge in [0.15, 0.2) is 6.04 Å². The molecule has 0 radical (unpaired) electrons. The summed E-state index contributed by atoms with van der Waals surface area (Å²) in [5.41, 5.74) is -0.344. The van der Waals surface area contributed by atoms with Crippen molar-refractivity contribution in [1.82, 2.24) is 14.7 Å². The van der Waals surface area contributed by atoms with Crippen molar-refractivity contribution in [1.29, 1.82) is 0 Å². The zero-order valence-electron chi connectivity index (χ0n) is 14.8. The summed E-state index contributed by atoms with van der Waals surface area (Å²) in [6.07, 6.45) is 0.905. The standard InChI is InChI=1S/C17H26FN3O3/c1-11(2)7-14(16(23)24)21-15(22)12(3)8-13(19-21)5-6-20-9-17(4,18)10-20/h8,11,14H,5-7,9-10H2,1-4H3,(H,23,24)/t14-/m0/s1. The van der Waals surface area contributed by atoms with E-state index >= 15 is 0 Å². The Morgan fingerprint density at radius 2 is 2.08 bits per heavy atom. The number of aryl methyl sites for hydroxylation is 1. The first kappa shape index (κ1) is 18.6. The Hall–Kier alpha value is -1.76. The zero-order chi connectivity index (χ0) is 18.1. The van der Waals surface area contributed by atoms with Crippen molar-refractivity contribution in [2.24, 2.45) is 5.92 Å². The lowest BCUT2D eigenvalue weighted by Gasteiger charge is -2.42. The van der Waals surface area contributed by atoms with E-state index in [1.165, 1.54) is 0 Å². The van der Waals surface area contributed by atoms with E-state index in [1.54, 1.807) is 19.9 Å². The maximum Gasteiger partial charge on any atom is 0.328 e. The Bertz CT molecular complexity index is 662. The summed E-state index contributed by atoms with van der Waals surface area (Å²) < 4.78 is 14.6. The SMILES string of the molecule is Cc1cc(CCN2CC(C)(F)C2)nn([C@@H](CC(C)C)C(=O)O)c1=O. The molecule has 1 N–H and O–H groups in total. The topological polar surface area (TPSA) is 75.4 Å². The zero-order valence-corrected chi connectivity index (χ0v) is 14.8. The molecule has 0 spiro atoms. The molecular weight excluding hydrogens is 313 g/mol. The molecule has 1 aliphatic rings. The van der Waals surface area contributed by atoms with Crippen LogP contribution in [0.5, 0.6) is 0 Å². The number of aliphatic carboxylic acids is 1. The molecule has 1 saturated heterocycles. The second kappa shape index (κ2) is 7.01. The van der Waals surface area contributed by atoms with Gasteiger partial charge in [-0.3, -0.25) is 9.69 Å². The Morgan fingerprint density at radius 3 is 2.58 bits per heavy atom. The monoisotopic (exact) mass is 339 g/mol. The summed E-state index contributed by atoms with van der Waals surface area (Å²) in [5.74, 6) is -0.919. The number of rotatable bonds is 7. The fourth-order valence-electron chi connectivity index (χ4n) is 3.11. The second-order valence-corrected chi connectivity index (χ2v) is 7.43. The smallest absolute Gasteiger partial charge is 0.328 e. The largest absolute Gasteiger partial charge is 0.480 e. The van der Waals surface area contributed by atoms with Crippen molar-refractivity contribution in [3.63, 3.8) is 0 Å². The molecule has 1 aromatic rings. The van der Waals surface area contributed by atoms with Gasteiger partial charge in [0.1, 0.15) is 5.67 Å². The summed E-state index contributed by atoms with van der Waals surface area (Å²) in [5, 5.41) is 13.7. The van der Waals surface area contributed by atoms with Crippen LogP contribution in [0.4, 0.5) is 4.39 Å². The van der Waals surface area contributed by atoms with E-state index in [0.717, 1.165) is 4.68 Å². The number of carboxylic acid groups (broad SMARTS) is 1. The Labute approximate surface area is 141 Å². The predicted molar refractivity (Wildman–Crippen MR) is 89.0 cm³/mol. The maximum absolute atomic E-state index is 13.5. The third kappa shape index (κ3) is 4.41. The normalized spacial score (nSPS) is 18.4. The van der Waals surface area contributed by atoms with E-state index in [1.807, 2.05) is 18.7 Å². The van der Waals surface area contributed by atoms with Gasteiger partial charge in [0.05, 0.1) is 5.69 Å². The number of nitrogens with zero attached hydrogens (tertiary/aromatic N) is 3. The minimum Gasteiger partial charge on any atom is -0.480 e. The van der Waals surface area contributed by atoms with E-state index in [-0.39, 0.29) is 11.5 Å². The number of alkyl halides is 1. The van der Waals surface area contributed by atoms with E-state index in [2.05, 4.69) is 5.10 Å². The molecule has 1 aromatic heterocycles. The third-order valence-corrected chi connectivity index (χ3v) is 4.23. The van der Waals surface area contributed by atoms with Gasteiger partial charge in [0.25, 0.3) is 5.56 Å². The van der Waals surface area contributed by atoms with Crippen LogP contribution in [0.25, 0.3) is 0 Å². The van der Waals surface area contributed by atoms with Gasteiger partial charge < -0.3 is 5.11 Å². The average molecular weight is 339 g/mol. The molecule has 0 unspecified atom stereocenters. The number of hydrogen-bond acceptors (Lipinski definition) is 4. The second-order valence-electron chi connectivity index (χ2n) is 7.43. The van der Waals surface area contributed by atoms with Crippen LogP contribution >= 0.6 is 0 Å². The molecule has 24 heavy (non-hydrogen) atoms. The van der Waals surface area contributed by atoms with Crippen LogP contribution in [0.2, 0.25) is 0 Å². The first-order valence-electron chi connectivity index (χ1n) is 8.32. The predicted octanol–water partition coefficient (Wildman–Crippen LogP) is 1.81. The molecule has 6 nitrogen and oxygen atoms in total. The molecule has 0 saturated carbocycles. The lowest BCUT2D eigenvalue weighted by molar-refractivity contribution is -0.141. The van der Waals surface area contributed by atoms with Gasteiger partial charge in [-0.2, -0.15) is 5.10 Å². The van der Waals surface area contributed by atoms with Gasteiger partial charge in [0, 0.05) is 31.6 Å². The summed E-state index contributed by atoms with van der Waals surface area (Å²) in [4.78, 5) is 25.9. The molecule has 2 heterocycles. The number of likely N-dealkylation sites (tertiary alicyclic amines) is 1. The number of carbonyl (C=O) groups is 1. The quantitative estimate of drug-likeness (QED) is 0.820. The third-order valence-electron chi connectivity index (χ3n) is 4.23. The van der Waals surface area contributed by atoms with Crippen LogP contribution in [0, 0.1) is 12.8 Å². The molecular formula is C17H26FN3O3. The molecule has 1 aliphatic heterocycles. The van der Waals surface area contributed by atoms with Crippen LogP contribution in [-0.4, -0.2) is 51.1 Å². The summed E-state index contributed by atoms with van der Waals surface area (Å²) in [6, 6.07) is 0.732. The van der Waals surface area contributed by atoms with Crippen LogP contribution in [0.15, 0.2) is 10.9 Å². The number of carboxylic acids is 1. The first-order valence-corrected chi connectivity index (χ1v) is 8.32. The molecule has 7 heteroatoms. The number of hydrogen-bond donors (Lipinski definition) is 1. The van der Waals surface area contributed by atoms with Crippen LogP contribution in [0.3, 0.4) is 0 Å². The first-order chi connectivity index (χ1) is 11.1. The Balaban J connectivity index is 2.18. The van der Waals surface area contributed by atoms with Crippen molar-refractivity contribution in [2.45, 2.75) is 52.2 Å². The van der Waals surface area contributed by atoms with Gasteiger partial charge in [-0.25, -0.2) is 13.9 Å². The maximum atomic E-state index is 13.5. The fourth-order valence-corrected chi connectivity index (χ4v) is 3.11. The molecule has 0 aromatic carbocycles. The molecule has 134 valence electrons. The summed E-state index contributed by atoms with van der Waals surface area (Å²) >= 11 is 0. The highest BCUT2D eigenvalue weighted by molar-refractivity contribution is 5.71. The van der Waals surface area contributed by atoms with Crippen molar-refractivity contribution in [2.75, 3.05) is 19.6 Å². The van der Waals surface area contributed by atoms with E-state index < -0.39 is 17.7 Å². The number of aromatic nitrogens is 2. The minimum atomic E-state index is -1.12. The highest BCUT2D eigenvalue weighted by Gasteiger charge is 2.38. The van der Waals surface area contributed by atoms with E-state index in [9.17, 15) is 19.1 Å². The van der Waals surface area contributed by atoms with Crippen LogP contribution in [-0.2, 0) is 11.2 Å². The summed E-state index contributed by atoms with van der Waals surface area (Å²) in [7, 11) is 0. The Kier molecular flexibility index (Phi) is 5.42. The van der Waals surface area contributed by atoms with Crippen LogP contribution in [0.1, 0.15) is 44.5 Å². The van der Waals surface area contributed by atoms with Gasteiger partial charge in [-0.1, -0.05) is 13.8 Å².